The highest BCUT2D eigenvalue weighted by Crippen LogP contribution is 2.19. The van der Waals surface area contributed by atoms with Crippen LogP contribution in [0.15, 0.2) is 41.1 Å². The standard InChI is InChI=1S/C18H21N5O3/c1-2-12(19)18-23-15(9-26-18)17(25)22-14(16(20)24)7-10-8-21-13-6-4-3-5-11(10)13/h3-6,8-9,12,14,21H,2,7,19H2,1H3,(H2,20,24)(H,22,25). The van der Waals surface area contributed by atoms with Crippen molar-refractivity contribution in [1.29, 1.82) is 0 Å². The topological polar surface area (TPSA) is 140 Å². The van der Waals surface area contributed by atoms with Gasteiger partial charge in [-0.05, 0) is 18.1 Å². The van der Waals surface area contributed by atoms with E-state index < -0.39 is 17.9 Å². The first-order valence-electron chi connectivity index (χ1n) is 8.35. The summed E-state index contributed by atoms with van der Waals surface area (Å²) in [7, 11) is 0. The van der Waals surface area contributed by atoms with E-state index in [4.69, 9.17) is 15.9 Å². The number of nitrogens with two attached hydrogens (primary N) is 2. The molecule has 3 aromatic rings. The first kappa shape index (κ1) is 17.7. The van der Waals surface area contributed by atoms with Gasteiger partial charge in [0.05, 0.1) is 6.04 Å². The summed E-state index contributed by atoms with van der Waals surface area (Å²) in [5.74, 6) is -0.880. The summed E-state index contributed by atoms with van der Waals surface area (Å²) in [6.07, 6.45) is 3.93. The first-order valence-corrected chi connectivity index (χ1v) is 8.35. The van der Waals surface area contributed by atoms with Gasteiger partial charge in [0.1, 0.15) is 12.3 Å². The van der Waals surface area contributed by atoms with Gasteiger partial charge in [0, 0.05) is 23.5 Å². The zero-order chi connectivity index (χ0) is 18.7. The smallest absolute Gasteiger partial charge is 0.273 e. The van der Waals surface area contributed by atoms with Crippen molar-refractivity contribution in [3.8, 4) is 0 Å². The quantitative estimate of drug-likeness (QED) is 0.507. The summed E-state index contributed by atoms with van der Waals surface area (Å²) in [6.45, 7) is 1.89. The molecule has 26 heavy (non-hydrogen) atoms. The molecule has 136 valence electrons. The van der Waals surface area contributed by atoms with Crippen LogP contribution in [0, 0.1) is 0 Å². The number of amides is 2. The molecule has 0 aliphatic carbocycles. The van der Waals surface area contributed by atoms with Crippen LogP contribution < -0.4 is 16.8 Å². The minimum atomic E-state index is -0.873. The average molecular weight is 355 g/mol. The number of oxazole rings is 1. The van der Waals surface area contributed by atoms with E-state index in [1.54, 1.807) is 6.20 Å². The molecular formula is C18H21N5O3. The van der Waals surface area contributed by atoms with Gasteiger partial charge in [-0.1, -0.05) is 25.1 Å². The van der Waals surface area contributed by atoms with Crippen LogP contribution in [0.1, 0.15) is 41.3 Å². The Kier molecular flexibility index (Phi) is 5.04. The van der Waals surface area contributed by atoms with Gasteiger partial charge in [-0.15, -0.1) is 0 Å². The number of benzene rings is 1. The molecule has 2 heterocycles. The third-order valence-corrected chi connectivity index (χ3v) is 4.26. The second-order valence-corrected chi connectivity index (χ2v) is 6.08. The molecule has 0 aliphatic rings. The number of primary amides is 1. The lowest BCUT2D eigenvalue weighted by molar-refractivity contribution is -0.119. The van der Waals surface area contributed by atoms with Crippen molar-refractivity contribution in [2.45, 2.75) is 31.8 Å². The van der Waals surface area contributed by atoms with E-state index in [0.717, 1.165) is 16.5 Å². The maximum atomic E-state index is 12.4. The van der Waals surface area contributed by atoms with Crippen molar-refractivity contribution in [2.24, 2.45) is 11.5 Å². The molecule has 2 aromatic heterocycles. The number of aromatic amines is 1. The van der Waals surface area contributed by atoms with Gasteiger partial charge < -0.3 is 26.2 Å². The Hall–Kier alpha value is -3.13. The number of fused-ring (bicyclic) bond motifs is 1. The predicted molar refractivity (Wildman–Crippen MR) is 96.2 cm³/mol. The molecule has 0 saturated carbocycles. The van der Waals surface area contributed by atoms with E-state index in [1.165, 1.54) is 6.26 Å². The second kappa shape index (κ2) is 7.40. The number of aromatic nitrogens is 2. The van der Waals surface area contributed by atoms with Crippen LogP contribution >= 0.6 is 0 Å². The molecule has 8 heteroatoms. The van der Waals surface area contributed by atoms with E-state index >= 15 is 0 Å². The zero-order valence-electron chi connectivity index (χ0n) is 14.4. The van der Waals surface area contributed by atoms with Crippen LogP contribution in [0.2, 0.25) is 0 Å². The van der Waals surface area contributed by atoms with Gasteiger partial charge in [0.2, 0.25) is 11.8 Å². The third kappa shape index (κ3) is 3.60. The van der Waals surface area contributed by atoms with Crippen LogP contribution in [-0.4, -0.2) is 27.8 Å². The summed E-state index contributed by atoms with van der Waals surface area (Å²) < 4.78 is 5.23. The molecule has 0 spiro atoms. The molecule has 8 nitrogen and oxygen atoms in total. The van der Waals surface area contributed by atoms with E-state index in [9.17, 15) is 9.59 Å². The Morgan fingerprint density at radius 3 is 2.85 bits per heavy atom. The molecule has 0 radical (unpaired) electrons. The van der Waals surface area contributed by atoms with Crippen LogP contribution in [0.25, 0.3) is 10.9 Å². The fourth-order valence-electron chi connectivity index (χ4n) is 2.71. The lowest BCUT2D eigenvalue weighted by Gasteiger charge is -2.14. The summed E-state index contributed by atoms with van der Waals surface area (Å²) >= 11 is 0. The van der Waals surface area contributed by atoms with Crippen molar-refractivity contribution >= 4 is 22.7 Å². The van der Waals surface area contributed by atoms with Gasteiger partial charge in [-0.3, -0.25) is 9.59 Å². The summed E-state index contributed by atoms with van der Waals surface area (Å²) in [6, 6.07) is 6.45. The largest absolute Gasteiger partial charge is 0.446 e. The number of carbonyl (C=O) groups is 2. The number of H-pyrrole nitrogens is 1. The number of para-hydroxylation sites is 1. The predicted octanol–water partition coefficient (Wildman–Crippen LogP) is 1.39. The maximum absolute atomic E-state index is 12.4. The number of carbonyl (C=O) groups excluding carboxylic acids is 2. The third-order valence-electron chi connectivity index (χ3n) is 4.26. The highest BCUT2D eigenvalue weighted by atomic mass is 16.3. The van der Waals surface area contributed by atoms with Crippen molar-refractivity contribution in [3.63, 3.8) is 0 Å². The lowest BCUT2D eigenvalue weighted by Crippen LogP contribution is -2.46. The van der Waals surface area contributed by atoms with Crippen LogP contribution in [0.3, 0.4) is 0 Å². The fourth-order valence-corrected chi connectivity index (χ4v) is 2.71. The molecular weight excluding hydrogens is 334 g/mol. The normalized spacial score (nSPS) is 13.5. The molecule has 0 bridgehead atoms. The highest BCUT2D eigenvalue weighted by molar-refractivity contribution is 5.96. The molecule has 2 atom stereocenters. The van der Waals surface area contributed by atoms with Gasteiger partial charge in [-0.2, -0.15) is 0 Å². The molecule has 0 aliphatic heterocycles. The van der Waals surface area contributed by atoms with E-state index in [0.29, 0.717) is 6.42 Å². The molecule has 2 unspecified atom stereocenters. The minimum absolute atomic E-state index is 0.0640. The summed E-state index contributed by atoms with van der Waals surface area (Å²) in [5, 5.41) is 3.59. The first-order chi connectivity index (χ1) is 12.5. The lowest BCUT2D eigenvalue weighted by atomic mass is 10.0. The summed E-state index contributed by atoms with van der Waals surface area (Å²) in [4.78, 5) is 31.4. The van der Waals surface area contributed by atoms with Crippen molar-refractivity contribution in [1.82, 2.24) is 15.3 Å². The number of rotatable bonds is 7. The van der Waals surface area contributed by atoms with Crippen LogP contribution in [0.5, 0.6) is 0 Å². The Bertz CT molecular complexity index is 930. The van der Waals surface area contributed by atoms with E-state index in [-0.39, 0.29) is 24.0 Å². The molecule has 6 N–H and O–H groups in total. The van der Waals surface area contributed by atoms with Gasteiger partial charge in [0.15, 0.2) is 5.69 Å². The van der Waals surface area contributed by atoms with Gasteiger partial charge in [-0.25, -0.2) is 4.98 Å². The molecule has 0 fully saturated rings. The molecule has 3 rings (SSSR count). The monoisotopic (exact) mass is 355 g/mol. The van der Waals surface area contributed by atoms with Gasteiger partial charge >= 0.3 is 0 Å². The fraction of sp³-hybridized carbons (Fsp3) is 0.278. The van der Waals surface area contributed by atoms with Crippen molar-refractivity contribution in [3.05, 3.63) is 53.9 Å². The SMILES string of the molecule is CCC(N)c1nc(C(=O)NC(Cc2c[nH]c3ccccc23)C(N)=O)co1. The Morgan fingerprint density at radius 1 is 1.35 bits per heavy atom. The second-order valence-electron chi connectivity index (χ2n) is 6.08. The molecule has 2 amide bonds. The number of nitrogens with one attached hydrogen (secondary N) is 2. The highest BCUT2D eigenvalue weighted by Gasteiger charge is 2.23. The van der Waals surface area contributed by atoms with E-state index in [2.05, 4.69) is 15.3 Å². The minimum Gasteiger partial charge on any atom is -0.446 e. The van der Waals surface area contributed by atoms with E-state index in [1.807, 2.05) is 31.2 Å². The number of nitrogens with zero attached hydrogens (tertiary/aromatic N) is 1. The molecule has 1 aromatic carbocycles. The average Bonchev–Trinajstić information content (AvgIpc) is 3.28. The van der Waals surface area contributed by atoms with Crippen molar-refractivity contribution < 1.29 is 14.0 Å². The number of hydrogen-bond acceptors (Lipinski definition) is 5. The van der Waals surface area contributed by atoms with Crippen LogP contribution in [0.4, 0.5) is 0 Å². The Balaban J connectivity index is 1.75. The Morgan fingerprint density at radius 2 is 2.12 bits per heavy atom. The van der Waals surface area contributed by atoms with Gasteiger partial charge in [0.25, 0.3) is 5.91 Å². The zero-order valence-corrected chi connectivity index (χ0v) is 14.4. The number of hydrogen-bond donors (Lipinski definition) is 4. The summed E-state index contributed by atoms with van der Waals surface area (Å²) in [5.41, 5.74) is 13.2. The van der Waals surface area contributed by atoms with Crippen molar-refractivity contribution in [2.75, 3.05) is 0 Å². The van der Waals surface area contributed by atoms with Crippen LogP contribution in [-0.2, 0) is 11.2 Å². The maximum Gasteiger partial charge on any atom is 0.273 e. The molecule has 0 saturated heterocycles. The Labute approximate surface area is 150 Å².